The normalized spacial score (nSPS) is 24.0. The maximum atomic E-state index is 12.3. The molecule has 2 aromatic rings. The van der Waals surface area contributed by atoms with Gasteiger partial charge < -0.3 is 10.1 Å². The summed E-state index contributed by atoms with van der Waals surface area (Å²) < 4.78 is 5.01. The number of hydrogen-bond donors (Lipinski definition) is 1. The van der Waals surface area contributed by atoms with Crippen LogP contribution in [0.4, 0.5) is 5.69 Å². The molecule has 1 heterocycles. The lowest BCUT2D eigenvalue weighted by Gasteiger charge is -2.39. The van der Waals surface area contributed by atoms with E-state index >= 15 is 0 Å². The van der Waals surface area contributed by atoms with E-state index in [9.17, 15) is 4.79 Å². The summed E-state index contributed by atoms with van der Waals surface area (Å²) in [6.45, 7) is 2.09. The first-order valence-electron chi connectivity index (χ1n) is 8.40. The number of benzene rings is 2. The van der Waals surface area contributed by atoms with Crippen LogP contribution in [-0.4, -0.2) is 13.1 Å². The van der Waals surface area contributed by atoms with Gasteiger partial charge in [-0.2, -0.15) is 0 Å². The zero-order chi connectivity index (χ0) is 16.7. The summed E-state index contributed by atoms with van der Waals surface area (Å²) in [5, 5.41) is 3.72. The molecule has 3 heteroatoms. The van der Waals surface area contributed by atoms with Gasteiger partial charge >= 0.3 is 5.97 Å². The van der Waals surface area contributed by atoms with Crippen molar-refractivity contribution in [2.45, 2.75) is 25.3 Å². The predicted molar refractivity (Wildman–Crippen MR) is 95.3 cm³/mol. The third-order valence-electron chi connectivity index (χ3n) is 5.29. The topological polar surface area (TPSA) is 38.3 Å². The summed E-state index contributed by atoms with van der Waals surface area (Å²) in [6.07, 6.45) is 5.52. The average molecular weight is 319 g/mol. The van der Waals surface area contributed by atoms with E-state index in [1.807, 2.05) is 18.2 Å². The summed E-state index contributed by atoms with van der Waals surface area (Å²) >= 11 is 0. The highest BCUT2D eigenvalue weighted by molar-refractivity contribution is 5.94. The zero-order valence-corrected chi connectivity index (χ0v) is 14.0. The van der Waals surface area contributed by atoms with Gasteiger partial charge in [-0.15, -0.1) is 0 Å². The Morgan fingerprint density at radius 1 is 1.17 bits per heavy atom. The second-order valence-electron chi connectivity index (χ2n) is 6.60. The van der Waals surface area contributed by atoms with Crippen molar-refractivity contribution in [2.24, 2.45) is 5.92 Å². The van der Waals surface area contributed by atoms with E-state index in [0.29, 0.717) is 11.5 Å². The van der Waals surface area contributed by atoms with Gasteiger partial charge in [0.05, 0.1) is 18.7 Å². The maximum Gasteiger partial charge on any atom is 0.338 e. The van der Waals surface area contributed by atoms with E-state index in [2.05, 4.69) is 48.7 Å². The molecule has 1 aliphatic heterocycles. The third-order valence-corrected chi connectivity index (χ3v) is 5.29. The van der Waals surface area contributed by atoms with Crippen LogP contribution in [0.3, 0.4) is 0 Å². The number of carbonyl (C=O) groups excluding carboxylic acids is 1. The Morgan fingerprint density at radius 2 is 1.96 bits per heavy atom. The SMILES string of the molecule is COC(=O)c1ccc(C)c2c1[C@@H]1C=CC[C@H]1[C@@H](c1ccccc1)N2. The van der Waals surface area contributed by atoms with Crippen molar-refractivity contribution in [3.8, 4) is 0 Å². The van der Waals surface area contributed by atoms with E-state index in [1.54, 1.807) is 0 Å². The fourth-order valence-electron chi connectivity index (χ4n) is 4.13. The molecule has 0 spiro atoms. The number of rotatable bonds is 2. The van der Waals surface area contributed by atoms with Gasteiger partial charge in [0, 0.05) is 11.6 Å². The van der Waals surface area contributed by atoms with Gasteiger partial charge in [0.15, 0.2) is 0 Å². The van der Waals surface area contributed by atoms with Crippen molar-refractivity contribution in [1.82, 2.24) is 0 Å². The molecule has 0 amide bonds. The quantitative estimate of drug-likeness (QED) is 0.649. The first-order chi connectivity index (χ1) is 11.7. The van der Waals surface area contributed by atoms with Crippen LogP contribution in [0.15, 0.2) is 54.6 Å². The molecular weight excluding hydrogens is 298 g/mol. The number of anilines is 1. The summed E-state index contributed by atoms with van der Waals surface area (Å²) in [7, 11) is 1.44. The fourth-order valence-corrected chi connectivity index (χ4v) is 4.13. The van der Waals surface area contributed by atoms with E-state index in [4.69, 9.17) is 4.74 Å². The summed E-state index contributed by atoms with van der Waals surface area (Å²) in [5.41, 5.74) is 5.31. The minimum atomic E-state index is -0.259. The molecule has 1 aliphatic carbocycles. The molecule has 122 valence electrons. The van der Waals surface area contributed by atoms with Crippen LogP contribution in [0.5, 0.6) is 0 Å². The van der Waals surface area contributed by atoms with Crippen molar-refractivity contribution in [1.29, 1.82) is 0 Å². The summed E-state index contributed by atoms with van der Waals surface area (Å²) in [5.74, 6) is 0.413. The number of ether oxygens (including phenoxy) is 1. The molecule has 4 rings (SSSR count). The molecule has 0 bridgehead atoms. The van der Waals surface area contributed by atoms with Gasteiger partial charge in [0.25, 0.3) is 0 Å². The van der Waals surface area contributed by atoms with E-state index in [1.165, 1.54) is 12.7 Å². The Hall–Kier alpha value is -2.55. The van der Waals surface area contributed by atoms with E-state index < -0.39 is 0 Å². The van der Waals surface area contributed by atoms with Crippen LogP contribution < -0.4 is 5.32 Å². The molecule has 0 saturated carbocycles. The number of allylic oxidation sites excluding steroid dienone is 2. The van der Waals surface area contributed by atoms with E-state index in [0.717, 1.165) is 23.2 Å². The Balaban J connectivity index is 1.87. The molecule has 0 unspecified atom stereocenters. The smallest absolute Gasteiger partial charge is 0.338 e. The molecule has 1 N–H and O–H groups in total. The van der Waals surface area contributed by atoms with Gasteiger partial charge in [-0.1, -0.05) is 48.6 Å². The number of nitrogens with one attached hydrogen (secondary N) is 1. The molecule has 0 saturated heterocycles. The highest BCUT2D eigenvalue weighted by atomic mass is 16.5. The number of carbonyl (C=O) groups is 1. The number of fused-ring (bicyclic) bond motifs is 3. The Labute approximate surface area is 142 Å². The lowest BCUT2D eigenvalue weighted by atomic mass is 9.75. The molecule has 3 nitrogen and oxygen atoms in total. The molecule has 0 fully saturated rings. The summed E-state index contributed by atoms with van der Waals surface area (Å²) in [6, 6.07) is 14.7. The van der Waals surface area contributed by atoms with Crippen LogP contribution in [0.2, 0.25) is 0 Å². The monoisotopic (exact) mass is 319 g/mol. The van der Waals surface area contributed by atoms with Crippen LogP contribution >= 0.6 is 0 Å². The van der Waals surface area contributed by atoms with Crippen molar-refractivity contribution < 1.29 is 9.53 Å². The number of aryl methyl sites for hydroxylation is 1. The Kier molecular flexibility index (Phi) is 3.64. The van der Waals surface area contributed by atoms with Crippen LogP contribution in [0.25, 0.3) is 0 Å². The van der Waals surface area contributed by atoms with Gasteiger partial charge in [-0.05, 0) is 42.0 Å². The molecule has 2 aliphatic rings. The van der Waals surface area contributed by atoms with Crippen molar-refractivity contribution in [3.05, 3.63) is 76.9 Å². The molecular formula is C21H21NO2. The van der Waals surface area contributed by atoms with Gasteiger partial charge in [0.1, 0.15) is 0 Å². The first kappa shape index (κ1) is 15.0. The molecule has 3 atom stereocenters. The second kappa shape index (κ2) is 5.82. The van der Waals surface area contributed by atoms with Crippen LogP contribution in [0, 0.1) is 12.8 Å². The highest BCUT2D eigenvalue weighted by Gasteiger charge is 2.40. The number of esters is 1. The maximum absolute atomic E-state index is 12.3. The van der Waals surface area contributed by atoms with Crippen molar-refractivity contribution in [3.63, 3.8) is 0 Å². The largest absolute Gasteiger partial charge is 0.465 e. The first-order valence-corrected chi connectivity index (χ1v) is 8.40. The van der Waals surface area contributed by atoms with Crippen LogP contribution in [-0.2, 0) is 4.74 Å². The Bertz CT molecular complexity index is 810. The number of methoxy groups -OCH3 is 1. The van der Waals surface area contributed by atoms with Crippen molar-refractivity contribution in [2.75, 3.05) is 12.4 Å². The average Bonchev–Trinajstić information content (AvgIpc) is 3.11. The van der Waals surface area contributed by atoms with Gasteiger partial charge in [-0.25, -0.2) is 4.79 Å². The highest BCUT2D eigenvalue weighted by Crippen LogP contribution is 2.51. The second-order valence-corrected chi connectivity index (χ2v) is 6.60. The van der Waals surface area contributed by atoms with E-state index in [-0.39, 0.29) is 17.9 Å². The molecule has 0 radical (unpaired) electrons. The predicted octanol–water partition coefficient (Wildman–Crippen LogP) is 4.61. The zero-order valence-electron chi connectivity index (χ0n) is 14.0. The third kappa shape index (κ3) is 2.23. The fraction of sp³-hybridized carbons (Fsp3) is 0.286. The minimum Gasteiger partial charge on any atom is -0.465 e. The van der Waals surface area contributed by atoms with Crippen LogP contribution in [0.1, 0.15) is 45.4 Å². The van der Waals surface area contributed by atoms with Gasteiger partial charge in [-0.3, -0.25) is 0 Å². The van der Waals surface area contributed by atoms with Gasteiger partial charge in [0.2, 0.25) is 0 Å². The molecule has 0 aromatic heterocycles. The van der Waals surface area contributed by atoms with Crippen molar-refractivity contribution >= 4 is 11.7 Å². The summed E-state index contributed by atoms with van der Waals surface area (Å²) in [4.78, 5) is 12.3. The standard InChI is InChI=1S/C21H21NO2/c1-13-11-12-17(21(23)24-2)18-15-9-6-10-16(15)20(22-19(13)18)14-7-4-3-5-8-14/h3-9,11-12,15-16,20,22H,10H2,1-2H3/t15-,16-,20-/m1/s1. The molecule has 2 aromatic carbocycles. The lowest BCUT2D eigenvalue weighted by Crippen LogP contribution is -2.31. The minimum absolute atomic E-state index is 0.250. The number of hydrogen-bond acceptors (Lipinski definition) is 3. The molecule has 24 heavy (non-hydrogen) atoms. The lowest BCUT2D eigenvalue weighted by molar-refractivity contribution is 0.0598. The Morgan fingerprint density at radius 3 is 2.71 bits per heavy atom.